The highest BCUT2D eigenvalue weighted by molar-refractivity contribution is 7.93. The van der Waals surface area contributed by atoms with Gasteiger partial charge in [0.2, 0.25) is 0 Å². The second-order valence-electron chi connectivity index (χ2n) is 16.8. The Morgan fingerprint density at radius 2 is 0.941 bits per heavy atom. The van der Waals surface area contributed by atoms with Crippen molar-refractivity contribution < 1.29 is 0 Å². The lowest BCUT2D eigenvalue weighted by Crippen LogP contribution is -3.09. The zero-order chi connectivity index (χ0) is 27.1. The molecule has 0 bridgehead atoms. The van der Waals surface area contributed by atoms with E-state index < -0.39 is 29.6 Å². The normalized spacial score (nSPS) is 23.4. The molecular weight excluding hydrogens is 475 g/mol. The summed E-state index contributed by atoms with van der Waals surface area (Å²) in [6.07, 6.45) is 10.1. The quantitative estimate of drug-likeness (QED) is 0.324. The molecule has 0 N–H and O–H groups in total. The van der Waals surface area contributed by atoms with E-state index in [1.165, 1.54) is 0 Å². The van der Waals surface area contributed by atoms with Crippen LogP contribution in [0.25, 0.3) is 0 Å². The molecule has 1 atom stereocenters. The Hall–Kier alpha value is 0.148. The van der Waals surface area contributed by atoms with Gasteiger partial charge in [0.25, 0.3) is 0 Å². The summed E-state index contributed by atoms with van der Waals surface area (Å²) >= 11 is 0. The smallest absolute Gasteiger partial charge is 0.148 e. The number of allylic oxidation sites excluding steroid dienone is 2. The Kier molecular flexibility index (Phi) is 7.44. The molecule has 0 aromatic carbocycles. The van der Waals surface area contributed by atoms with Crippen molar-refractivity contribution in [3.63, 3.8) is 0 Å². The van der Waals surface area contributed by atoms with Crippen LogP contribution in [0.15, 0.2) is 24.4 Å². The monoisotopic (exact) mass is 535 g/mol. The van der Waals surface area contributed by atoms with Gasteiger partial charge in [-0.2, -0.15) is 0 Å². The topological polar surface area (TPSA) is 3.24 Å². The first-order valence-electron chi connectivity index (χ1n) is 14.0. The van der Waals surface area contributed by atoms with Gasteiger partial charge in [-0.3, -0.25) is 0 Å². The number of rotatable bonds is 4. The van der Waals surface area contributed by atoms with Crippen molar-refractivity contribution in [2.45, 2.75) is 161 Å². The SMILES string of the molecule is CC(C)[Si]1(C(C)C)N2C=CC=CC2[Si]1([Si](C)(C(C)(C)C)C(C)(C)C)[Si](C)(C(C)(C)C)C(C)(C)C. The van der Waals surface area contributed by atoms with Gasteiger partial charge in [-0.05, 0) is 43.5 Å². The lowest BCUT2D eigenvalue weighted by molar-refractivity contribution is 0.488. The van der Waals surface area contributed by atoms with E-state index >= 15 is 0 Å². The summed E-state index contributed by atoms with van der Waals surface area (Å²) in [5.41, 5.74) is 2.25. The van der Waals surface area contributed by atoms with Gasteiger partial charge in [0.15, 0.2) is 0 Å². The van der Waals surface area contributed by atoms with Gasteiger partial charge < -0.3 is 4.57 Å². The molecule has 2 aliphatic heterocycles. The molecule has 2 aliphatic rings. The van der Waals surface area contributed by atoms with E-state index in [9.17, 15) is 0 Å². The summed E-state index contributed by atoms with van der Waals surface area (Å²) in [5.74, 6) is 0. The molecule has 1 saturated heterocycles. The van der Waals surface area contributed by atoms with E-state index in [1.807, 2.05) is 0 Å². The Morgan fingerprint density at radius 3 is 1.21 bits per heavy atom. The molecule has 5 heteroatoms. The largest absolute Gasteiger partial charge is 0.403 e. The van der Waals surface area contributed by atoms with Gasteiger partial charge in [-0.1, -0.05) is 136 Å². The minimum Gasteiger partial charge on any atom is -0.403 e. The molecule has 0 aromatic rings. The van der Waals surface area contributed by atoms with Crippen molar-refractivity contribution in [3.05, 3.63) is 24.4 Å². The Morgan fingerprint density at radius 1 is 0.618 bits per heavy atom. The first kappa shape index (κ1) is 30.4. The fourth-order valence-corrected chi connectivity index (χ4v) is 131. The average molecular weight is 536 g/mol. The van der Waals surface area contributed by atoms with Crippen molar-refractivity contribution in [2.75, 3.05) is 0 Å². The molecule has 2 rings (SSSR count). The highest BCUT2D eigenvalue weighted by Gasteiger charge is 2.90. The Labute approximate surface area is 218 Å². The van der Waals surface area contributed by atoms with Crippen LogP contribution in [0.3, 0.4) is 0 Å². The van der Waals surface area contributed by atoms with Crippen molar-refractivity contribution in [2.24, 2.45) is 0 Å². The lowest BCUT2D eigenvalue weighted by Gasteiger charge is -2.86. The molecule has 0 aliphatic carbocycles. The highest BCUT2D eigenvalue weighted by Crippen LogP contribution is 2.74. The molecule has 34 heavy (non-hydrogen) atoms. The third-order valence-corrected chi connectivity index (χ3v) is 89.0. The van der Waals surface area contributed by atoms with Crippen LogP contribution in [-0.4, -0.2) is 39.8 Å². The van der Waals surface area contributed by atoms with Crippen LogP contribution in [0.4, 0.5) is 0 Å². The van der Waals surface area contributed by atoms with Gasteiger partial charge in [-0.15, -0.1) is 0 Å². The van der Waals surface area contributed by atoms with Gasteiger partial charge >= 0.3 is 0 Å². The fraction of sp³-hybridized carbons (Fsp3) is 0.862. The summed E-state index contributed by atoms with van der Waals surface area (Å²) in [6, 6.07) is 0. The van der Waals surface area contributed by atoms with Crippen molar-refractivity contribution in [1.82, 2.24) is 4.57 Å². The summed E-state index contributed by atoms with van der Waals surface area (Å²) in [6.45, 7) is 46.6. The summed E-state index contributed by atoms with van der Waals surface area (Å²) < 4.78 is 3.07. The van der Waals surface area contributed by atoms with Crippen molar-refractivity contribution in [1.29, 1.82) is 0 Å². The zero-order valence-electron chi connectivity index (χ0n) is 26.5. The van der Waals surface area contributed by atoms with Crippen LogP contribution in [-0.2, 0) is 0 Å². The van der Waals surface area contributed by atoms with Crippen LogP contribution in [0.2, 0.25) is 44.3 Å². The summed E-state index contributed by atoms with van der Waals surface area (Å²) in [4.78, 5) is 0. The van der Waals surface area contributed by atoms with Crippen molar-refractivity contribution >= 4 is 29.6 Å². The molecule has 2 heterocycles. The lowest BCUT2D eigenvalue weighted by atomic mass is 10.2. The Balaban J connectivity index is 3.40. The second-order valence-corrected chi connectivity index (χ2v) is 54.0. The number of hydrogen-bond acceptors (Lipinski definition) is 1. The number of fused-ring (bicyclic) bond motifs is 1. The predicted molar refractivity (Wildman–Crippen MR) is 168 cm³/mol. The van der Waals surface area contributed by atoms with E-state index in [2.05, 4.69) is 153 Å². The van der Waals surface area contributed by atoms with E-state index in [0.717, 1.165) is 11.1 Å². The maximum absolute atomic E-state index is 3.07. The minimum absolute atomic E-state index is 0.366. The fourth-order valence-electron chi connectivity index (χ4n) is 10.3. The van der Waals surface area contributed by atoms with Gasteiger partial charge in [0.05, 0.1) is 21.8 Å². The first-order chi connectivity index (χ1) is 14.9. The maximum Gasteiger partial charge on any atom is 0.148 e. The van der Waals surface area contributed by atoms with E-state index in [-0.39, 0.29) is 0 Å². The molecule has 1 unspecified atom stereocenters. The molecule has 0 spiro atoms. The number of nitrogens with zero attached hydrogens (tertiary/aromatic N) is 1. The molecule has 1 nitrogen and oxygen atoms in total. The van der Waals surface area contributed by atoms with E-state index in [4.69, 9.17) is 0 Å². The highest BCUT2D eigenvalue weighted by atomic mass is 29.9. The molecular formula is C29H61NSi4. The summed E-state index contributed by atoms with van der Waals surface area (Å²) in [5, 5.41) is 1.47. The molecule has 198 valence electrons. The van der Waals surface area contributed by atoms with Crippen LogP contribution < -0.4 is 0 Å². The first-order valence-corrected chi connectivity index (χ1v) is 26.2. The molecule has 1 fully saturated rings. The average Bonchev–Trinajstić information content (AvgIpc) is 2.58. The summed E-state index contributed by atoms with van der Waals surface area (Å²) in [7, 11) is -5.71. The van der Waals surface area contributed by atoms with E-state index in [1.54, 1.807) is 0 Å². The maximum atomic E-state index is 3.07. The number of hydrogen-bond donors (Lipinski definition) is 0. The molecule has 0 amide bonds. The van der Waals surface area contributed by atoms with Crippen LogP contribution in [0.1, 0.15) is 111 Å². The van der Waals surface area contributed by atoms with Gasteiger partial charge in [0.1, 0.15) is 7.75 Å². The van der Waals surface area contributed by atoms with Crippen LogP contribution in [0, 0.1) is 0 Å². The van der Waals surface area contributed by atoms with Gasteiger partial charge in [-0.25, -0.2) is 0 Å². The van der Waals surface area contributed by atoms with Crippen LogP contribution in [0.5, 0.6) is 0 Å². The predicted octanol–water partition coefficient (Wildman–Crippen LogP) is 10.1. The third kappa shape index (κ3) is 3.24. The zero-order valence-corrected chi connectivity index (χ0v) is 30.5. The third-order valence-electron chi connectivity index (χ3n) is 11.8. The molecule has 0 saturated carbocycles. The standard InChI is InChI=1S/C29H61NSi4/c1-23(2)33(24(3)4)30-22-20-19-21-25(30)34(33,31(17,26(5,6)7)27(8,9)10)32(18,28(11,12)13)29(14,15)16/h19-25H,1-18H3. The second kappa shape index (κ2) is 8.33. The molecule has 0 radical (unpaired) electrons. The Bertz CT molecular complexity index is 750. The molecule has 0 aromatic heterocycles. The van der Waals surface area contributed by atoms with Crippen LogP contribution >= 0.6 is 0 Å². The van der Waals surface area contributed by atoms with Crippen molar-refractivity contribution in [3.8, 4) is 0 Å². The minimum atomic E-state index is -1.96. The van der Waals surface area contributed by atoms with Gasteiger partial charge in [0, 0.05) is 5.67 Å². The van der Waals surface area contributed by atoms with E-state index in [0.29, 0.717) is 25.8 Å².